The maximum absolute atomic E-state index is 10.4. The summed E-state index contributed by atoms with van der Waals surface area (Å²) in [4.78, 5) is 20.6. The van der Waals surface area contributed by atoms with E-state index in [1.54, 1.807) is 0 Å². The third kappa shape index (κ3) is 2.85. The molecule has 0 radical (unpaired) electrons. The first kappa shape index (κ1) is 10.9. The van der Waals surface area contributed by atoms with Gasteiger partial charge in [0, 0.05) is 0 Å². The molecule has 0 rings (SSSR count). The molecule has 2 atom stereocenters. The molecule has 0 saturated heterocycles. The van der Waals surface area contributed by atoms with Crippen LogP contribution in [0.5, 0.6) is 0 Å². The smallest absolute Gasteiger partial charge is 0.323 e. The van der Waals surface area contributed by atoms with Crippen molar-refractivity contribution in [1.82, 2.24) is 0 Å². The van der Waals surface area contributed by atoms with E-state index >= 15 is 0 Å². The number of nitrogens with two attached hydrogens (primary N) is 2. The van der Waals surface area contributed by atoms with Gasteiger partial charge in [-0.3, -0.25) is 9.59 Å². The molecule has 0 aliphatic rings. The van der Waals surface area contributed by atoms with Crippen LogP contribution in [-0.4, -0.2) is 33.7 Å². The molecular weight excluding hydrogens is 164 g/mol. The highest BCUT2D eigenvalue weighted by Crippen LogP contribution is 2.12. The fourth-order valence-corrected chi connectivity index (χ4v) is 0.729. The quantitative estimate of drug-likeness (QED) is 0.395. The standard InChI is InChI=1S/C6H12N2O4/c1-6(12,2-3(7)9)4(8)5(10)11/h4,12H,2,8H2,1H3,(H2,7,9)(H,10,11). The summed E-state index contributed by atoms with van der Waals surface area (Å²) in [6.07, 6.45) is -0.472. The zero-order chi connectivity index (χ0) is 9.94. The molecule has 12 heavy (non-hydrogen) atoms. The number of primary amides is 1. The summed E-state index contributed by atoms with van der Waals surface area (Å²) in [5, 5.41) is 17.7. The summed E-state index contributed by atoms with van der Waals surface area (Å²) >= 11 is 0. The minimum Gasteiger partial charge on any atom is -0.480 e. The van der Waals surface area contributed by atoms with Gasteiger partial charge in [-0.15, -0.1) is 0 Å². The average molecular weight is 176 g/mol. The zero-order valence-corrected chi connectivity index (χ0v) is 6.65. The molecule has 2 unspecified atom stereocenters. The largest absolute Gasteiger partial charge is 0.480 e. The summed E-state index contributed by atoms with van der Waals surface area (Å²) in [5.41, 5.74) is 8.06. The van der Waals surface area contributed by atoms with Crippen molar-refractivity contribution in [1.29, 1.82) is 0 Å². The fraction of sp³-hybridized carbons (Fsp3) is 0.667. The van der Waals surface area contributed by atoms with E-state index in [0.29, 0.717) is 0 Å². The van der Waals surface area contributed by atoms with E-state index in [1.807, 2.05) is 0 Å². The summed E-state index contributed by atoms with van der Waals surface area (Å²) in [5.74, 6) is -2.17. The van der Waals surface area contributed by atoms with Gasteiger partial charge in [0.05, 0.1) is 12.0 Å². The van der Waals surface area contributed by atoms with Gasteiger partial charge < -0.3 is 21.7 Å². The van der Waals surface area contributed by atoms with Crippen molar-refractivity contribution in [3.05, 3.63) is 0 Å². The summed E-state index contributed by atoms with van der Waals surface area (Å²) in [6.45, 7) is 1.15. The highest BCUT2D eigenvalue weighted by Gasteiger charge is 2.35. The minimum absolute atomic E-state index is 0.472. The number of amides is 1. The van der Waals surface area contributed by atoms with Crippen molar-refractivity contribution in [2.24, 2.45) is 11.5 Å². The number of hydrogen-bond donors (Lipinski definition) is 4. The number of aliphatic carboxylic acids is 1. The monoisotopic (exact) mass is 176 g/mol. The maximum Gasteiger partial charge on any atom is 0.323 e. The predicted molar refractivity (Wildman–Crippen MR) is 40.0 cm³/mol. The molecule has 6 N–H and O–H groups in total. The van der Waals surface area contributed by atoms with Crippen LogP contribution in [0.4, 0.5) is 0 Å². The highest BCUT2D eigenvalue weighted by molar-refractivity contribution is 5.79. The van der Waals surface area contributed by atoms with E-state index in [-0.39, 0.29) is 0 Å². The Morgan fingerprint density at radius 1 is 1.58 bits per heavy atom. The van der Waals surface area contributed by atoms with Crippen LogP contribution in [0.1, 0.15) is 13.3 Å². The molecular formula is C6H12N2O4. The third-order valence-electron chi connectivity index (χ3n) is 1.47. The normalized spacial score (nSPS) is 17.9. The van der Waals surface area contributed by atoms with Crippen molar-refractivity contribution in [3.63, 3.8) is 0 Å². The fourth-order valence-electron chi connectivity index (χ4n) is 0.729. The van der Waals surface area contributed by atoms with E-state index in [1.165, 1.54) is 0 Å². The number of carboxylic acid groups (broad SMARTS) is 1. The van der Waals surface area contributed by atoms with Crippen molar-refractivity contribution in [3.8, 4) is 0 Å². The van der Waals surface area contributed by atoms with Crippen molar-refractivity contribution < 1.29 is 19.8 Å². The molecule has 0 spiro atoms. The zero-order valence-electron chi connectivity index (χ0n) is 6.65. The van der Waals surface area contributed by atoms with Crippen LogP contribution in [0, 0.1) is 0 Å². The number of carboxylic acids is 1. The molecule has 1 amide bonds. The Labute approximate surface area is 69.2 Å². The van der Waals surface area contributed by atoms with Gasteiger partial charge >= 0.3 is 5.97 Å². The minimum atomic E-state index is -1.79. The second kappa shape index (κ2) is 3.51. The molecule has 0 bridgehead atoms. The Kier molecular flexibility index (Phi) is 3.17. The third-order valence-corrected chi connectivity index (χ3v) is 1.47. The molecule has 0 heterocycles. The highest BCUT2D eigenvalue weighted by atomic mass is 16.4. The molecule has 0 saturated carbocycles. The lowest BCUT2D eigenvalue weighted by Crippen LogP contribution is -2.52. The summed E-state index contributed by atoms with van der Waals surface area (Å²) < 4.78 is 0. The molecule has 0 aliphatic carbocycles. The van der Waals surface area contributed by atoms with Gasteiger partial charge in [-0.1, -0.05) is 0 Å². The SMILES string of the molecule is CC(O)(CC(N)=O)C(N)C(=O)O. The van der Waals surface area contributed by atoms with Gasteiger partial charge in [0.25, 0.3) is 0 Å². The molecule has 0 aromatic carbocycles. The first-order valence-electron chi connectivity index (χ1n) is 3.26. The summed E-state index contributed by atoms with van der Waals surface area (Å²) in [6, 6.07) is -1.51. The number of aliphatic hydroxyl groups is 1. The van der Waals surface area contributed by atoms with Gasteiger partial charge in [-0.2, -0.15) is 0 Å². The first-order valence-corrected chi connectivity index (χ1v) is 3.26. The Bertz CT molecular complexity index is 202. The van der Waals surface area contributed by atoms with E-state index in [9.17, 15) is 14.7 Å². The number of carbonyl (C=O) groups is 2. The Morgan fingerprint density at radius 2 is 2.00 bits per heavy atom. The second-order valence-corrected chi connectivity index (χ2v) is 2.82. The molecule has 0 aromatic rings. The van der Waals surface area contributed by atoms with E-state index < -0.39 is 29.9 Å². The Balaban J connectivity index is 4.38. The van der Waals surface area contributed by atoms with Gasteiger partial charge in [-0.05, 0) is 6.92 Å². The number of rotatable bonds is 4. The van der Waals surface area contributed by atoms with Gasteiger partial charge in [0.1, 0.15) is 6.04 Å². The van der Waals surface area contributed by atoms with Gasteiger partial charge in [0.2, 0.25) is 5.91 Å². The van der Waals surface area contributed by atoms with E-state index in [2.05, 4.69) is 0 Å². The predicted octanol–water partition coefficient (Wildman–Crippen LogP) is -1.98. The van der Waals surface area contributed by atoms with Crippen molar-refractivity contribution >= 4 is 11.9 Å². The van der Waals surface area contributed by atoms with Gasteiger partial charge in [-0.25, -0.2) is 0 Å². The number of hydrogen-bond acceptors (Lipinski definition) is 4. The second-order valence-electron chi connectivity index (χ2n) is 2.82. The molecule has 6 heteroatoms. The van der Waals surface area contributed by atoms with Crippen LogP contribution in [-0.2, 0) is 9.59 Å². The lowest BCUT2D eigenvalue weighted by Gasteiger charge is -2.25. The molecule has 0 aromatic heterocycles. The van der Waals surface area contributed by atoms with Crippen LogP contribution in [0.25, 0.3) is 0 Å². The van der Waals surface area contributed by atoms with E-state index in [4.69, 9.17) is 16.6 Å². The van der Waals surface area contributed by atoms with E-state index in [0.717, 1.165) is 6.92 Å². The topological polar surface area (TPSA) is 127 Å². The lowest BCUT2D eigenvalue weighted by molar-refractivity contribution is -0.145. The van der Waals surface area contributed by atoms with Crippen LogP contribution in [0.15, 0.2) is 0 Å². The van der Waals surface area contributed by atoms with Crippen LogP contribution in [0.3, 0.4) is 0 Å². The molecule has 70 valence electrons. The Morgan fingerprint density at radius 3 is 2.25 bits per heavy atom. The Hall–Kier alpha value is -1.14. The molecule has 6 nitrogen and oxygen atoms in total. The summed E-state index contributed by atoms with van der Waals surface area (Å²) in [7, 11) is 0. The van der Waals surface area contributed by atoms with Crippen molar-refractivity contribution in [2.75, 3.05) is 0 Å². The maximum atomic E-state index is 10.4. The van der Waals surface area contributed by atoms with Crippen LogP contribution >= 0.6 is 0 Å². The van der Waals surface area contributed by atoms with Crippen molar-refractivity contribution in [2.45, 2.75) is 25.0 Å². The van der Waals surface area contributed by atoms with Gasteiger partial charge in [0.15, 0.2) is 0 Å². The first-order chi connectivity index (χ1) is 5.27. The lowest BCUT2D eigenvalue weighted by atomic mass is 9.93. The van der Waals surface area contributed by atoms with Crippen LogP contribution < -0.4 is 11.5 Å². The van der Waals surface area contributed by atoms with Crippen LogP contribution in [0.2, 0.25) is 0 Å². The molecule has 0 fully saturated rings. The molecule has 0 aliphatic heterocycles. The average Bonchev–Trinajstić information content (AvgIpc) is 1.82. The number of carbonyl (C=O) groups excluding carboxylic acids is 1.